The lowest BCUT2D eigenvalue weighted by Crippen LogP contribution is -1.98. The van der Waals surface area contributed by atoms with Crippen molar-refractivity contribution in [2.45, 2.75) is 25.7 Å². The molecule has 0 unspecified atom stereocenters. The van der Waals surface area contributed by atoms with Gasteiger partial charge in [0.2, 0.25) is 5.24 Å². The van der Waals surface area contributed by atoms with Crippen LogP contribution in [0.15, 0.2) is 36.4 Å². The zero-order chi connectivity index (χ0) is 24.8. The molecule has 0 aliphatic carbocycles. The van der Waals surface area contributed by atoms with E-state index >= 15 is 0 Å². The van der Waals surface area contributed by atoms with Gasteiger partial charge in [0, 0.05) is 12.8 Å². The largest absolute Gasteiger partial charge is 0.481 e. The third-order valence-corrected chi connectivity index (χ3v) is 3.99. The van der Waals surface area contributed by atoms with Crippen LogP contribution in [-0.4, -0.2) is 26.8 Å². The zero-order valence-corrected chi connectivity index (χ0v) is 18.3. The molecule has 0 saturated heterocycles. The summed E-state index contributed by atoms with van der Waals surface area (Å²) in [6.45, 7) is 0. The number of aryl methyl sites for hydroxylation is 2. The van der Waals surface area contributed by atoms with Crippen molar-refractivity contribution in [2.75, 3.05) is 0 Å². The molecule has 174 valence electrons. The van der Waals surface area contributed by atoms with Crippen LogP contribution < -0.4 is 0 Å². The first-order valence-electron chi connectivity index (χ1n) is 8.50. The lowest BCUT2D eigenvalue weighted by atomic mass is 10.1. The molecule has 12 heteroatoms. The summed E-state index contributed by atoms with van der Waals surface area (Å²) in [7, 11) is 0. The van der Waals surface area contributed by atoms with E-state index in [0.29, 0.717) is 17.5 Å². The fourth-order valence-corrected chi connectivity index (χ4v) is 1.98. The first-order chi connectivity index (χ1) is 14.8. The van der Waals surface area contributed by atoms with Gasteiger partial charge in [-0.15, -0.1) is 0 Å². The van der Waals surface area contributed by atoms with Gasteiger partial charge in [0.05, 0.1) is 0 Å². The normalized spacial score (nSPS) is 9.59. The highest BCUT2D eigenvalue weighted by Gasteiger charge is 2.05. The van der Waals surface area contributed by atoms with Crippen LogP contribution in [0.25, 0.3) is 0 Å². The summed E-state index contributed by atoms with van der Waals surface area (Å²) >= 11 is 14.1. The van der Waals surface area contributed by atoms with E-state index in [1.807, 2.05) is 0 Å². The minimum Gasteiger partial charge on any atom is -0.481 e. The molecule has 0 saturated carbocycles. The van der Waals surface area contributed by atoms with Crippen LogP contribution >= 0.6 is 34.8 Å². The lowest BCUT2D eigenvalue weighted by molar-refractivity contribution is -0.137. The van der Waals surface area contributed by atoms with Crippen LogP contribution in [0.3, 0.4) is 0 Å². The molecule has 0 fully saturated rings. The molecular weight excluding hydrogens is 503 g/mol. The Morgan fingerprint density at radius 3 is 1.31 bits per heavy atom. The molecule has 0 bridgehead atoms. The Balaban J connectivity index is 0.000000484. The number of hydrogen-bond donors (Lipinski definition) is 1. The van der Waals surface area contributed by atoms with Crippen LogP contribution in [0.1, 0.15) is 24.0 Å². The summed E-state index contributed by atoms with van der Waals surface area (Å²) in [6, 6.07) is 6.91. The van der Waals surface area contributed by atoms with E-state index in [-0.39, 0.29) is 19.3 Å². The highest BCUT2D eigenvalue weighted by Crippen LogP contribution is 2.11. The third kappa shape index (κ3) is 13.7. The molecule has 2 rings (SSSR count). The minimum atomic E-state index is -1.14. The second-order valence-corrected chi connectivity index (χ2v) is 6.90. The smallest absolute Gasteiger partial charge is 0.304 e. The number of hydrogen-bond acceptors (Lipinski definition) is 4. The predicted octanol–water partition coefficient (Wildman–Crippen LogP) is 5.16. The number of carbonyl (C=O) groups excluding carboxylic acids is 3. The first-order valence-corrected chi connectivity index (χ1v) is 9.64. The lowest BCUT2D eigenvalue weighted by Gasteiger charge is -1.98. The van der Waals surface area contributed by atoms with Gasteiger partial charge in [-0.25, -0.2) is 17.6 Å². The van der Waals surface area contributed by atoms with Gasteiger partial charge >= 0.3 is 16.5 Å². The number of carbonyl (C=O) groups is 4. The van der Waals surface area contributed by atoms with Gasteiger partial charge in [-0.3, -0.25) is 19.2 Å². The molecule has 0 radical (unpaired) electrons. The van der Waals surface area contributed by atoms with E-state index in [1.165, 1.54) is 12.1 Å². The van der Waals surface area contributed by atoms with Crippen molar-refractivity contribution >= 4 is 56.5 Å². The fraction of sp³-hybridized carbons (Fsp3) is 0.200. The number of carboxylic acids is 1. The average Bonchev–Trinajstić information content (AvgIpc) is 2.70. The van der Waals surface area contributed by atoms with Gasteiger partial charge in [-0.2, -0.15) is 0 Å². The number of carboxylic acid groups (broad SMARTS) is 1. The number of halogens is 7. The Bertz CT molecular complexity index is 893. The van der Waals surface area contributed by atoms with Crippen molar-refractivity contribution in [1.29, 1.82) is 0 Å². The van der Waals surface area contributed by atoms with Crippen molar-refractivity contribution in [3.8, 4) is 0 Å². The summed E-state index contributed by atoms with van der Waals surface area (Å²) < 4.78 is 50.0. The van der Waals surface area contributed by atoms with Crippen LogP contribution in [0.5, 0.6) is 0 Å². The number of aliphatic carboxylic acids is 1. The summed E-state index contributed by atoms with van der Waals surface area (Å²) in [5.74, 6) is -4.60. The Hall–Kier alpha value is -2.49. The highest BCUT2D eigenvalue weighted by atomic mass is 35.5. The molecule has 32 heavy (non-hydrogen) atoms. The van der Waals surface area contributed by atoms with Crippen molar-refractivity contribution in [3.63, 3.8) is 0 Å². The molecule has 5 nitrogen and oxygen atoms in total. The highest BCUT2D eigenvalue weighted by molar-refractivity contribution is 6.97. The maximum absolute atomic E-state index is 12.6. The molecule has 0 atom stereocenters. The topological polar surface area (TPSA) is 88.5 Å². The summed E-state index contributed by atoms with van der Waals surface area (Å²) in [5, 5.41) is 5.57. The van der Waals surface area contributed by atoms with Crippen LogP contribution in [-0.2, 0) is 32.0 Å². The second kappa shape index (κ2) is 15.3. The molecule has 0 spiro atoms. The molecule has 0 heterocycles. The molecule has 0 aliphatic heterocycles. The Morgan fingerprint density at radius 1 is 0.656 bits per heavy atom. The molecule has 0 aromatic heterocycles. The first kappa shape index (κ1) is 29.5. The number of rotatable bonds is 7. The van der Waals surface area contributed by atoms with E-state index in [4.69, 9.17) is 16.7 Å². The van der Waals surface area contributed by atoms with E-state index < -0.39 is 45.0 Å². The molecule has 2 aromatic rings. The van der Waals surface area contributed by atoms with Crippen LogP contribution in [0.4, 0.5) is 17.6 Å². The maximum atomic E-state index is 12.6. The predicted molar refractivity (Wildman–Crippen MR) is 110 cm³/mol. The Labute approximate surface area is 194 Å². The summed E-state index contributed by atoms with van der Waals surface area (Å²) in [6.07, 6.45) is 0.601. The van der Waals surface area contributed by atoms with Gasteiger partial charge in [0.15, 0.2) is 23.3 Å². The SMILES string of the molecule is O=C(Cl)C(=O)Cl.O=C(Cl)CCc1ccc(F)c(F)c1.O=C(O)CCc1ccc(F)c(F)c1. The minimum absolute atomic E-state index is 0.0783. The maximum Gasteiger partial charge on any atom is 0.304 e. The van der Waals surface area contributed by atoms with Crippen molar-refractivity contribution in [3.05, 3.63) is 70.8 Å². The Kier molecular flexibility index (Phi) is 14.1. The monoisotopic (exact) mass is 516 g/mol. The molecule has 0 aliphatic rings. The van der Waals surface area contributed by atoms with E-state index in [1.54, 1.807) is 0 Å². The van der Waals surface area contributed by atoms with Gasteiger partial charge in [0.25, 0.3) is 0 Å². The van der Waals surface area contributed by atoms with Gasteiger partial charge in [-0.1, -0.05) is 12.1 Å². The molecule has 2 aromatic carbocycles. The van der Waals surface area contributed by atoms with Gasteiger partial charge in [0.1, 0.15) is 0 Å². The summed E-state index contributed by atoms with van der Waals surface area (Å²) in [4.78, 5) is 39.4. The van der Waals surface area contributed by atoms with Crippen molar-refractivity contribution in [2.24, 2.45) is 0 Å². The average molecular weight is 518 g/mol. The van der Waals surface area contributed by atoms with Gasteiger partial charge < -0.3 is 5.11 Å². The van der Waals surface area contributed by atoms with Crippen LogP contribution in [0.2, 0.25) is 0 Å². The fourth-order valence-electron chi connectivity index (χ4n) is 1.88. The molecule has 1 N–H and O–H groups in total. The van der Waals surface area contributed by atoms with Crippen molar-refractivity contribution < 1.29 is 41.8 Å². The van der Waals surface area contributed by atoms with Gasteiger partial charge in [-0.05, 0) is 83.0 Å². The standard InChI is InChI=1S/C9H7ClF2O.C9H8F2O2.C2Cl2O2/c10-9(13)4-2-6-1-3-7(11)8(12)5-6;10-7-3-1-6(5-8(7)11)2-4-9(12)13;3-1(5)2(4)6/h1,3,5H,2,4H2;1,3,5H,2,4H2,(H,12,13);. The quantitative estimate of drug-likeness (QED) is 0.311. The van der Waals surface area contributed by atoms with E-state index in [2.05, 4.69) is 23.2 Å². The van der Waals surface area contributed by atoms with E-state index in [9.17, 15) is 36.7 Å². The van der Waals surface area contributed by atoms with Crippen molar-refractivity contribution in [1.82, 2.24) is 0 Å². The Morgan fingerprint density at radius 2 is 1.03 bits per heavy atom. The van der Waals surface area contributed by atoms with Crippen LogP contribution in [0, 0.1) is 23.3 Å². The molecular formula is C20H15Cl3F4O5. The summed E-state index contributed by atoms with van der Waals surface area (Å²) in [5.41, 5.74) is 1.05. The zero-order valence-electron chi connectivity index (χ0n) is 16.0. The van der Waals surface area contributed by atoms with E-state index in [0.717, 1.165) is 24.3 Å². The third-order valence-electron chi connectivity index (χ3n) is 3.36. The second-order valence-electron chi connectivity index (χ2n) is 5.79. The number of benzene rings is 2. The molecule has 0 amide bonds.